The SMILES string of the molecule is CCOc1ccccc1N1CCN(C(=O)c2ccccc2N2CCC(NC(=O)c3ccco3)CC2)CC1. The quantitative estimate of drug-likeness (QED) is 0.526. The van der Waals surface area contributed by atoms with Gasteiger partial charge in [-0.05, 0) is 56.2 Å². The predicted octanol–water partition coefficient (Wildman–Crippen LogP) is 4.04. The summed E-state index contributed by atoms with van der Waals surface area (Å²) >= 11 is 0. The summed E-state index contributed by atoms with van der Waals surface area (Å²) in [4.78, 5) is 32.4. The van der Waals surface area contributed by atoms with Crippen LogP contribution in [0.5, 0.6) is 5.75 Å². The van der Waals surface area contributed by atoms with Gasteiger partial charge in [0.25, 0.3) is 11.8 Å². The summed E-state index contributed by atoms with van der Waals surface area (Å²) in [5, 5.41) is 3.06. The molecule has 2 saturated heterocycles. The fourth-order valence-electron chi connectivity index (χ4n) is 5.18. The molecule has 3 heterocycles. The number of nitrogens with one attached hydrogen (secondary N) is 1. The number of hydrogen-bond acceptors (Lipinski definition) is 6. The number of ether oxygens (including phenoxy) is 1. The molecule has 0 aliphatic carbocycles. The first kappa shape index (κ1) is 24.7. The Hall–Kier alpha value is -3.94. The molecule has 8 heteroatoms. The van der Waals surface area contributed by atoms with Crippen LogP contribution in [-0.4, -0.2) is 68.6 Å². The van der Waals surface area contributed by atoms with Crippen LogP contribution in [-0.2, 0) is 0 Å². The van der Waals surface area contributed by atoms with Gasteiger partial charge >= 0.3 is 0 Å². The number of carbonyl (C=O) groups is 2. The second kappa shape index (κ2) is 11.4. The zero-order chi connectivity index (χ0) is 25.6. The average Bonchev–Trinajstić information content (AvgIpc) is 3.49. The number of piperidine rings is 1. The van der Waals surface area contributed by atoms with Crippen molar-refractivity contribution in [3.8, 4) is 5.75 Å². The lowest BCUT2D eigenvalue weighted by Gasteiger charge is -2.38. The maximum Gasteiger partial charge on any atom is 0.287 e. The third kappa shape index (κ3) is 5.58. The van der Waals surface area contributed by atoms with E-state index in [4.69, 9.17) is 9.15 Å². The topological polar surface area (TPSA) is 78.3 Å². The molecule has 1 aromatic heterocycles. The Balaban J connectivity index is 1.20. The standard InChI is InChI=1S/C29H34N4O4/c1-2-36-26-11-6-5-10-25(26)32-17-19-33(20-18-32)29(35)23-8-3-4-9-24(23)31-15-13-22(14-16-31)30-28(34)27-12-7-21-37-27/h3-12,21-22H,2,13-20H2,1H3,(H,30,34). The van der Waals surface area contributed by atoms with Gasteiger partial charge in [0.15, 0.2) is 5.76 Å². The van der Waals surface area contributed by atoms with E-state index in [1.165, 1.54) is 6.26 Å². The molecular formula is C29H34N4O4. The monoisotopic (exact) mass is 502 g/mol. The van der Waals surface area contributed by atoms with Crippen molar-refractivity contribution in [2.45, 2.75) is 25.8 Å². The van der Waals surface area contributed by atoms with E-state index in [2.05, 4.69) is 21.2 Å². The van der Waals surface area contributed by atoms with Crippen LogP contribution < -0.4 is 19.9 Å². The maximum atomic E-state index is 13.6. The summed E-state index contributed by atoms with van der Waals surface area (Å²) in [7, 11) is 0. The van der Waals surface area contributed by atoms with Crippen LogP contribution in [0.2, 0.25) is 0 Å². The van der Waals surface area contributed by atoms with Crippen LogP contribution in [0.25, 0.3) is 0 Å². The molecule has 1 N–H and O–H groups in total. The van der Waals surface area contributed by atoms with E-state index in [9.17, 15) is 9.59 Å². The molecule has 2 aliphatic rings. The van der Waals surface area contributed by atoms with Crippen LogP contribution in [0.1, 0.15) is 40.7 Å². The summed E-state index contributed by atoms with van der Waals surface area (Å²) in [6, 6.07) is 19.4. The van der Waals surface area contributed by atoms with E-state index < -0.39 is 0 Å². The van der Waals surface area contributed by atoms with E-state index in [-0.39, 0.29) is 17.9 Å². The molecule has 0 unspecified atom stereocenters. The van der Waals surface area contributed by atoms with Crippen molar-refractivity contribution in [1.82, 2.24) is 10.2 Å². The molecule has 194 valence electrons. The number of amides is 2. The number of carbonyl (C=O) groups excluding carboxylic acids is 2. The highest BCUT2D eigenvalue weighted by atomic mass is 16.5. The highest BCUT2D eigenvalue weighted by Crippen LogP contribution is 2.30. The molecule has 5 rings (SSSR count). The molecule has 2 aliphatic heterocycles. The van der Waals surface area contributed by atoms with Crippen LogP contribution in [0.15, 0.2) is 71.3 Å². The third-order valence-corrected chi connectivity index (χ3v) is 7.12. The maximum absolute atomic E-state index is 13.6. The highest BCUT2D eigenvalue weighted by molar-refractivity contribution is 6.00. The van der Waals surface area contributed by atoms with E-state index >= 15 is 0 Å². The molecule has 0 spiro atoms. The van der Waals surface area contributed by atoms with Crippen LogP contribution in [0.3, 0.4) is 0 Å². The van der Waals surface area contributed by atoms with Crippen molar-refractivity contribution in [1.29, 1.82) is 0 Å². The fraction of sp³-hybridized carbons (Fsp3) is 0.379. The number of furan rings is 1. The number of piperazine rings is 1. The number of para-hydroxylation sites is 3. The molecule has 3 aromatic rings. The lowest BCUT2D eigenvalue weighted by Crippen LogP contribution is -2.49. The van der Waals surface area contributed by atoms with E-state index in [1.54, 1.807) is 12.1 Å². The summed E-state index contributed by atoms with van der Waals surface area (Å²) in [6.45, 7) is 7.01. The van der Waals surface area contributed by atoms with Gasteiger partial charge in [-0.2, -0.15) is 0 Å². The number of hydrogen-bond donors (Lipinski definition) is 1. The third-order valence-electron chi connectivity index (χ3n) is 7.12. The molecule has 2 amide bonds. The first-order valence-electron chi connectivity index (χ1n) is 13.1. The van der Waals surface area contributed by atoms with Crippen LogP contribution >= 0.6 is 0 Å². The van der Waals surface area contributed by atoms with E-state index in [0.29, 0.717) is 25.5 Å². The van der Waals surface area contributed by atoms with Gasteiger partial charge in [-0.15, -0.1) is 0 Å². The summed E-state index contributed by atoms with van der Waals surface area (Å²) in [6.07, 6.45) is 3.13. The zero-order valence-electron chi connectivity index (χ0n) is 21.3. The van der Waals surface area contributed by atoms with Crippen molar-refractivity contribution in [2.24, 2.45) is 0 Å². The smallest absolute Gasteiger partial charge is 0.287 e. The Kier molecular flexibility index (Phi) is 7.63. The second-order valence-electron chi connectivity index (χ2n) is 9.41. The average molecular weight is 503 g/mol. The normalized spacial score (nSPS) is 16.5. The van der Waals surface area contributed by atoms with Crippen molar-refractivity contribution in [2.75, 3.05) is 55.7 Å². The fourth-order valence-corrected chi connectivity index (χ4v) is 5.18. The minimum absolute atomic E-state index is 0.0709. The molecule has 0 radical (unpaired) electrons. The van der Waals surface area contributed by atoms with E-state index in [0.717, 1.165) is 61.7 Å². The number of rotatable bonds is 7. The first-order valence-corrected chi connectivity index (χ1v) is 13.1. The van der Waals surface area contributed by atoms with Crippen molar-refractivity contribution in [3.63, 3.8) is 0 Å². The van der Waals surface area contributed by atoms with Gasteiger partial charge in [-0.1, -0.05) is 24.3 Å². The van der Waals surface area contributed by atoms with Gasteiger partial charge in [0.2, 0.25) is 0 Å². The van der Waals surface area contributed by atoms with Crippen molar-refractivity contribution in [3.05, 3.63) is 78.3 Å². The highest BCUT2D eigenvalue weighted by Gasteiger charge is 2.28. The second-order valence-corrected chi connectivity index (χ2v) is 9.41. The Bertz CT molecular complexity index is 1200. The molecule has 8 nitrogen and oxygen atoms in total. The Morgan fingerprint density at radius 3 is 2.24 bits per heavy atom. The summed E-state index contributed by atoms with van der Waals surface area (Å²) < 4.78 is 11.0. The Morgan fingerprint density at radius 2 is 1.54 bits per heavy atom. The van der Waals surface area contributed by atoms with Crippen molar-refractivity contribution < 1.29 is 18.7 Å². The van der Waals surface area contributed by atoms with Crippen LogP contribution in [0.4, 0.5) is 11.4 Å². The largest absolute Gasteiger partial charge is 0.492 e. The van der Waals surface area contributed by atoms with Gasteiger partial charge in [0.05, 0.1) is 24.1 Å². The first-order chi connectivity index (χ1) is 18.1. The lowest BCUT2D eigenvalue weighted by atomic mass is 10.0. The Morgan fingerprint density at radius 1 is 0.865 bits per heavy atom. The minimum Gasteiger partial charge on any atom is -0.492 e. The molecule has 0 saturated carbocycles. The number of nitrogens with zero attached hydrogens (tertiary/aromatic N) is 3. The molecular weight excluding hydrogens is 468 g/mol. The molecule has 2 aromatic carbocycles. The molecule has 0 bridgehead atoms. The molecule has 37 heavy (non-hydrogen) atoms. The summed E-state index contributed by atoms with van der Waals surface area (Å²) in [5.41, 5.74) is 2.79. The molecule has 2 fully saturated rings. The number of benzene rings is 2. The van der Waals surface area contributed by atoms with Gasteiger partial charge in [0, 0.05) is 51.0 Å². The minimum atomic E-state index is -0.179. The summed E-state index contributed by atoms with van der Waals surface area (Å²) in [5.74, 6) is 1.11. The van der Waals surface area contributed by atoms with Gasteiger partial charge in [-0.25, -0.2) is 0 Å². The lowest BCUT2D eigenvalue weighted by molar-refractivity contribution is 0.0747. The van der Waals surface area contributed by atoms with Gasteiger partial charge in [0.1, 0.15) is 5.75 Å². The van der Waals surface area contributed by atoms with Gasteiger partial charge < -0.3 is 29.2 Å². The van der Waals surface area contributed by atoms with Crippen LogP contribution in [0, 0.1) is 0 Å². The number of anilines is 2. The van der Waals surface area contributed by atoms with Crippen molar-refractivity contribution >= 4 is 23.2 Å². The zero-order valence-corrected chi connectivity index (χ0v) is 21.3. The Labute approximate surface area is 217 Å². The van der Waals surface area contributed by atoms with Gasteiger partial charge in [-0.3, -0.25) is 9.59 Å². The molecule has 0 atom stereocenters. The van der Waals surface area contributed by atoms with E-state index in [1.807, 2.05) is 54.3 Å². The predicted molar refractivity (Wildman–Crippen MR) is 144 cm³/mol.